The molecule has 0 saturated carbocycles. The highest BCUT2D eigenvalue weighted by Gasteiger charge is 2.27. The normalized spacial score (nSPS) is 15.2. The lowest BCUT2D eigenvalue weighted by Gasteiger charge is -2.30. The first-order valence-corrected chi connectivity index (χ1v) is 6.86. The van der Waals surface area contributed by atoms with Crippen LogP contribution in [-0.2, 0) is 6.42 Å². The minimum Gasteiger partial charge on any atom is -0.362 e. The number of nitrogens with two attached hydrogens (primary N) is 1. The topological polar surface area (TPSA) is 42.1 Å². The van der Waals surface area contributed by atoms with Crippen molar-refractivity contribution in [2.24, 2.45) is 5.73 Å². The number of nitrogens with zero attached hydrogens (tertiary/aromatic N) is 2. The van der Waals surface area contributed by atoms with Crippen LogP contribution in [0.25, 0.3) is 0 Å². The number of halogens is 1. The van der Waals surface area contributed by atoms with Crippen molar-refractivity contribution in [3.8, 4) is 0 Å². The highest BCUT2D eigenvalue weighted by molar-refractivity contribution is 5.60. The molecular weight excluding hydrogens is 253 g/mol. The van der Waals surface area contributed by atoms with E-state index in [4.69, 9.17) is 5.73 Å². The highest BCUT2D eigenvalue weighted by Crippen LogP contribution is 2.35. The summed E-state index contributed by atoms with van der Waals surface area (Å²) in [5.41, 5.74) is 10.4. The number of aromatic nitrogens is 1. The lowest BCUT2D eigenvalue weighted by molar-refractivity contribution is 0.620. The molecule has 0 fully saturated rings. The molecular formula is C16H18FN3. The van der Waals surface area contributed by atoms with Crippen LogP contribution in [0.15, 0.2) is 36.7 Å². The van der Waals surface area contributed by atoms with E-state index in [-0.39, 0.29) is 11.9 Å². The van der Waals surface area contributed by atoms with Crippen molar-refractivity contribution in [1.29, 1.82) is 0 Å². The van der Waals surface area contributed by atoms with Gasteiger partial charge in [0.1, 0.15) is 5.82 Å². The Bertz CT molecular complexity index is 627. The second-order valence-corrected chi connectivity index (χ2v) is 5.20. The Labute approximate surface area is 118 Å². The van der Waals surface area contributed by atoms with E-state index in [0.717, 1.165) is 24.2 Å². The first kappa shape index (κ1) is 13.1. The maximum absolute atomic E-state index is 13.5. The number of fused-ring (bicyclic) bond motifs is 1. The van der Waals surface area contributed by atoms with Gasteiger partial charge in [-0.1, -0.05) is 6.07 Å². The maximum atomic E-state index is 13.5. The standard InChI is InChI=1S/C16H18FN3/c1-11-4-6-19-10-14(11)16(9-18)20-7-5-12-2-3-13(17)8-15(12)20/h2-4,6,8,10,16H,5,7,9,18H2,1H3. The fraction of sp³-hybridized carbons (Fsp3) is 0.312. The predicted molar refractivity (Wildman–Crippen MR) is 78.2 cm³/mol. The lowest BCUT2D eigenvalue weighted by Crippen LogP contribution is -2.33. The molecule has 2 heterocycles. The highest BCUT2D eigenvalue weighted by atomic mass is 19.1. The van der Waals surface area contributed by atoms with E-state index in [1.165, 1.54) is 17.2 Å². The number of rotatable bonds is 3. The van der Waals surface area contributed by atoms with E-state index >= 15 is 0 Å². The largest absolute Gasteiger partial charge is 0.362 e. The first-order chi connectivity index (χ1) is 9.70. The number of hydrogen-bond acceptors (Lipinski definition) is 3. The van der Waals surface area contributed by atoms with Crippen LogP contribution in [0.2, 0.25) is 0 Å². The molecule has 1 aromatic carbocycles. The third kappa shape index (κ3) is 2.16. The molecule has 2 aromatic rings. The van der Waals surface area contributed by atoms with Gasteiger partial charge in [0.2, 0.25) is 0 Å². The summed E-state index contributed by atoms with van der Waals surface area (Å²) in [5, 5.41) is 0. The number of aryl methyl sites for hydroxylation is 1. The molecule has 0 bridgehead atoms. The summed E-state index contributed by atoms with van der Waals surface area (Å²) in [4.78, 5) is 6.40. The van der Waals surface area contributed by atoms with Gasteiger partial charge in [-0.25, -0.2) is 4.39 Å². The Kier molecular flexibility index (Phi) is 3.40. The lowest BCUT2D eigenvalue weighted by atomic mass is 10.0. The van der Waals surface area contributed by atoms with Crippen molar-refractivity contribution >= 4 is 5.69 Å². The Morgan fingerprint density at radius 1 is 1.40 bits per heavy atom. The molecule has 0 aliphatic carbocycles. The van der Waals surface area contributed by atoms with Crippen LogP contribution < -0.4 is 10.6 Å². The molecule has 20 heavy (non-hydrogen) atoms. The summed E-state index contributed by atoms with van der Waals surface area (Å²) in [6.45, 7) is 3.42. The van der Waals surface area contributed by atoms with E-state index in [1.807, 2.05) is 18.3 Å². The summed E-state index contributed by atoms with van der Waals surface area (Å²) in [5.74, 6) is -0.200. The zero-order valence-corrected chi connectivity index (χ0v) is 11.5. The van der Waals surface area contributed by atoms with Crippen molar-refractivity contribution in [2.45, 2.75) is 19.4 Å². The van der Waals surface area contributed by atoms with Crippen molar-refractivity contribution in [2.75, 3.05) is 18.0 Å². The van der Waals surface area contributed by atoms with Crippen molar-refractivity contribution < 1.29 is 4.39 Å². The van der Waals surface area contributed by atoms with Crippen LogP contribution >= 0.6 is 0 Å². The molecule has 2 N–H and O–H groups in total. The fourth-order valence-electron chi connectivity index (χ4n) is 2.95. The van der Waals surface area contributed by atoms with Crippen LogP contribution in [0.4, 0.5) is 10.1 Å². The van der Waals surface area contributed by atoms with Crippen LogP contribution in [0, 0.1) is 12.7 Å². The smallest absolute Gasteiger partial charge is 0.125 e. The van der Waals surface area contributed by atoms with Crippen LogP contribution in [-0.4, -0.2) is 18.1 Å². The number of benzene rings is 1. The summed E-state index contributed by atoms with van der Waals surface area (Å²) in [6.07, 6.45) is 4.58. The third-order valence-corrected chi connectivity index (χ3v) is 4.02. The molecule has 1 aliphatic rings. The molecule has 0 saturated heterocycles. The average molecular weight is 271 g/mol. The van der Waals surface area contributed by atoms with Gasteiger partial charge in [-0.3, -0.25) is 4.98 Å². The minimum absolute atomic E-state index is 0.0479. The Hall–Kier alpha value is -1.94. The molecule has 1 atom stereocenters. The van der Waals surface area contributed by atoms with Gasteiger partial charge in [-0.2, -0.15) is 0 Å². The molecule has 104 valence electrons. The SMILES string of the molecule is Cc1ccncc1C(CN)N1CCc2ccc(F)cc21. The van der Waals surface area contributed by atoms with E-state index in [0.29, 0.717) is 6.54 Å². The van der Waals surface area contributed by atoms with Crippen molar-refractivity contribution in [1.82, 2.24) is 4.98 Å². The van der Waals surface area contributed by atoms with E-state index in [1.54, 1.807) is 12.3 Å². The summed E-state index contributed by atoms with van der Waals surface area (Å²) in [7, 11) is 0. The second-order valence-electron chi connectivity index (χ2n) is 5.20. The van der Waals surface area contributed by atoms with E-state index in [9.17, 15) is 4.39 Å². The molecule has 1 aliphatic heterocycles. The van der Waals surface area contributed by atoms with Gasteiger partial charge in [-0.05, 0) is 48.2 Å². The predicted octanol–water partition coefficient (Wildman–Crippen LogP) is 2.59. The first-order valence-electron chi connectivity index (χ1n) is 6.86. The monoisotopic (exact) mass is 271 g/mol. The van der Waals surface area contributed by atoms with E-state index < -0.39 is 0 Å². The van der Waals surface area contributed by atoms with Crippen molar-refractivity contribution in [3.63, 3.8) is 0 Å². The van der Waals surface area contributed by atoms with Gasteiger partial charge in [0.25, 0.3) is 0 Å². The van der Waals surface area contributed by atoms with Gasteiger partial charge < -0.3 is 10.6 Å². The van der Waals surface area contributed by atoms with Crippen LogP contribution in [0.5, 0.6) is 0 Å². The Morgan fingerprint density at radius 3 is 3.00 bits per heavy atom. The zero-order valence-electron chi connectivity index (χ0n) is 11.5. The molecule has 3 nitrogen and oxygen atoms in total. The average Bonchev–Trinajstić information content (AvgIpc) is 2.85. The summed E-state index contributed by atoms with van der Waals surface area (Å²) < 4.78 is 13.5. The minimum atomic E-state index is -0.200. The van der Waals surface area contributed by atoms with E-state index in [2.05, 4.69) is 16.8 Å². The van der Waals surface area contributed by atoms with Gasteiger partial charge in [-0.15, -0.1) is 0 Å². The number of anilines is 1. The molecule has 0 radical (unpaired) electrons. The van der Waals surface area contributed by atoms with Gasteiger partial charge in [0.15, 0.2) is 0 Å². The summed E-state index contributed by atoms with van der Waals surface area (Å²) >= 11 is 0. The Balaban J connectivity index is 2.01. The van der Waals surface area contributed by atoms with Crippen LogP contribution in [0.3, 0.4) is 0 Å². The fourth-order valence-corrected chi connectivity index (χ4v) is 2.95. The van der Waals surface area contributed by atoms with Gasteiger partial charge >= 0.3 is 0 Å². The number of pyridine rings is 1. The van der Waals surface area contributed by atoms with Crippen LogP contribution in [0.1, 0.15) is 22.7 Å². The zero-order chi connectivity index (χ0) is 14.1. The number of hydrogen-bond donors (Lipinski definition) is 1. The third-order valence-electron chi connectivity index (χ3n) is 4.02. The second kappa shape index (κ2) is 5.21. The quantitative estimate of drug-likeness (QED) is 0.933. The molecule has 0 amide bonds. The molecule has 0 spiro atoms. The Morgan fingerprint density at radius 2 is 2.25 bits per heavy atom. The van der Waals surface area contributed by atoms with Crippen molar-refractivity contribution in [3.05, 3.63) is 59.2 Å². The molecule has 4 heteroatoms. The van der Waals surface area contributed by atoms with Gasteiger partial charge in [0.05, 0.1) is 6.04 Å². The molecule has 1 unspecified atom stereocenters. The molecule has 1 aromatic heterocycles. The summed E-state index contributed by atoms with van der Waals surface area (Å²) in [6, 6.07) is 7.03. The van der Waals surface area contributed by atoms with Gasteiger partial charge in [0, 0.05) is 31.2 Å². The molecule has 3 rings (SSSR count). The maximum Gasteiger partial charge on any atom is 0.125 e.